The molecule has 0 aliphatic heterocycles. The summed E-state index contributed by atoms with van der Waals surface area (Å²) < 4.78 is 35.2. The lowest BCUT2D eigenvalue weighted by Crippen LogP contribution is -2.48. The second-order valence-corrected chi connectivity index (χ2v) is 8.75. The first-order chi connectivity index (χ1) is 16.7. The van der Waals surface area contributed by atoms with Gasteiger partial charge in [0.25, 0.3) is 0 Å². The van der Waals surface area contributed by atoms with E-state index >= 15 is 0 Å². The molecule has 192 valence electrons. The molecule has 0 amide bonds. The molecular formula is C25H33NO8S. The first kappa shape index (κ1) is 28.2. The zero-order valence-electron chi connectivity index (χ0n) is 20.4. The summed E-state index contributed by atoms with van der Waals surface area (Å²) in [6.45, 7) is 6.12. The van der Waals surface area contributed by atoms with Crippen LogP contribution in [0.2, 0.25) is 0 Å². The molecule has 2 atom stereocenters. The third-order valence-corrected chi connectivity index (χ3v) is 6.12. The Bertz CT molecular complexity index is 1040. The number of carboxylic acid groups (broad SMARTS) is 1. The highest BCUT2D eigenvalue weighted by atomic mass is 32.2. The van der Waals surface area contributed by atoms with Gasteiger partial charge in [-0.05, 0) is 44.5 Å². The molecule has 35 heavy (non-hydrogen) atoms. The number of hydrogen-bond donors (Lipinski definition) is 3. The summed E-state index contributed by atoms with van der Waals surface area (Å²) in [7, 11) is -0.0986. The van der Waals surface area contributed by atoms with Gasteiger partial charge in [-0.2, -0.15) is 0 Å². The maximum absolute atomic E-state index is 12.9. The van der Waals surface area contributed by atoms with Gasteiger partial charge < -0.3 is 34.9 Å². The number of carboxylic acids is 1. The van der Waals surface area contributed by atoms with E-state index in [-0.39, 0.29) is 17.1 Å². The minimum Gasteiger partial charge on any atom is -0.496 e. The Morgan fingerprint density at radius 3 is 2.11 bits per heavy atom. The van der Waals surface area contributed by atoms with E-state index in [1.165, 1.54) is 18.6 Å². The number of carbonyl (C=O) groups is 1. The van der Waals surface area contributed by atoms with Crippen molar-refractivity contribution >= 4 is 22.8 Å². The Morgan fingerprint density at radius 2 is 1.63 bits per heavy atom. The summed E-state index contributed by atoms with van der Waals surface area (Å²) in [5.41, 5.74) is 5.17. The van der Waals surface area contributed by atoms with E-state index in [1.54, 1.807) is 30.3 Å². The molecule has 1 unspecified atom stereocenters. The molecule has 0 bridgehead atoms. The van der Waals surface area contributed by atoms with Gasteiger partial charge in [-0.25, -0.2) is 4.79 Å². The van der Waals surface area contributed by atoms with Crippen LogP contribution in [-0.4, -0.2) is 53.9 Å². The topological polar surface area (TPSA) is 138 Å². The molecule has 9 nitrogen and oxygen atoms in total. The van der Waals surface area contributed by atoms with Crippen LogP contribution < -0.4 is 24.7 Å². The van der Waals surface area contributed by atoms with Crippen LogP contribution in [0.1, 0.15) is 37.5 Å². The van der Waals surface area contributed by atoms with Crippen molar-refractivity contribution < 1.29 is 38.2 Å². The number of aliphatic hydroxyl groups is 1. The molecule has 0 fully saturated rings. The number of methoxy groups -OCH3 is 1. The highest BCUT2D eigenvalue weighted by Gasteiger charge is 2.38. The molecule has 0 saturated carbocycles. The lowest BCUT2D eigenvalue weighted by molar-refractivity contribution is -0.145. The molecule has 4 N–H and O–H groups in total. The monoisotopic (exact) mass is 507 g/mol. The van der Waals surface area contributed by atoms with E-state index in [2.05, 4.69) is 0 Å². The SMILES string of the molecule is CCOc1cc(OCC)c(C=CS(=O)Cc2ccc(OC)c([C@](N)(CO)C(=O)O)c2)c(OCC)c1. The van der Waals surface area contributed by atoms with Crippen molar-refractivity contribution in [3.63, 3.8) is 0 Å². The summed E-state index contributed by atoms with van der Waals surface area (Å²) in [4.78, 5) is 11.7. The Balaban J connectivity index is 2.37. The van der Waals surface area contributed by atoms with Gasteiger partial charge in [0.2, 0.25) is 0 Å². The van der Waals surface area contributed by atoms with Gasteiger partial charge in [0.05, 0.1) is 55.7 Å². The third kappa shape index (κ3) is 6.97. The number of aliphatic hydroxyl groups excluding tert-OH is 1. The van der Waals surface area contributed by atoms with Crippen LogP contribution in [0.5, 0.6) is 23.0 Å². The van der Waals surface area contributed by atoms with E-state index in [0.29, 0.717) is 48.2 Å². The average molecular weight is 508 g/mol. The standard InChI is InChI=1S/C25H33NO8S/c1-5-32-18-13-22(33-6-2)19(23(14-18)34-7-3)10-11-35(30)15-17-8-9-21(31-4)20(12-17)25(26,16-27)24(28)29/h8-14,27H,5-7,15-16,26H2,1-4H3,(H,28,29)/t25-,35?/m1/s1. The smallest absolute Gasteiger partial charge is 0.330 e. The fourth-order valence-corrected chi connectivity index (χ4v) is 4.25. The number of nitrogens with two attached hydrogens (primary N) is 1. The Labute approximate surface area is 207 Å². The summed E-state index contributed by atoms with van der Waals surface area (Å²) >= 11 is 0. The molecular weight excluding hydrogens is 474 g/mol. The van der Waals surface area contributed by atoms with Gasteiger partial charge in [0.15, 0.2) is 5.54 Å². The predicted octanol–water partition coefficient (Wildman–Crippen LogP) is 3.04. The van der Waals surface area contributed by atoms with E-state index < -0.39 is 28.9 Å². The quantitative estimate of drug-likeness (QED) is 0.352. The molecule has 0 radical (unpaired) electrons. The van der Waals surface area contributed by atoms with Crippen LogP contribution in [-0.2, 0) is 26.9 Å². The maximum Gasteiger partial charge on any atom is 0.330 e. The second-order valence-electron chi connectivity index (χ2n) is 7.43. The van der Waals surface area contributed by atoms with Crippen molar-refractivity contribution in [2.75, 3.05) is 33.5 Å². The van der Waals surface area contributed by atoms with E-state index in [0.717, 1.165) is 0 Å². The molecule has 0 aromatic heterocycles. The Kier molecular flexibility index (Phi) is 10.6. The third-order valence-electron chi connectivity index (χ3n) is 5.06. The first-order valence-corrected chi connectivity index (χ1v) is 12.5. The van der Waals surface area contributed by atoms with Crippen molar-refractivity contribution in [3.8, 4) is 23.0 Å². The summed E-state index contributed by atoms with van der Waals surface area (Å²) in [6.07, 6.45) is 1.67. The van der Waals surface area contributed by atoms with Crippen LogP contribution in [0, 0.1) is 0 Å². The number of rotatable bonds is 14. The van der Waals surface area contributed by atoms with Gasteiger partial charge in [-0.3, -0.25) is 4.21 Å². The summed E-state index contributed by atoms with van der Waals surface area (Å²) in [5, 5.41) is 20.7. The Morgan fingerprint density at radius 1 is 1.03 bits per heavy atom. The molecule has 2 aromatic carbocycles. The van der Waals surface area contributed by atoms with Crippen LogP contribution in [0.4, 0.5) is 0 Å². The average Bonchev–Trinajstić information content (AvgIpc) is 2.83. The van der Waals surface area contributed by atoms with Gasteiger partial charge in [-0.1, -0.05) is 6.07 Å². The molecule has 2 rings (SSSR count). The molecule has 0 heterocycles. The molecule has 0 saturated heterocycles. The summed E-state index contributed by atoms with van der Waals surface area (Å²) in [5.74, 6) is 0.582. The van der Waals surface area contributed by atoms with E-state index in [1.807, 2.05) is 20.8 Å². The Hall–Kier alpha value is -3.08. The van der Waals surface area contributed by atoms with E-state index in [9.17, 15) is 19.2 Å². The van der Waals surface area contributed by atoms with Gasteiger partial charge in [-0.15, -0.1) is 0 Å². The molecule has 0 aliphatic rings. The van der Waals surface area contributed by atoms with Crippen molar-refractivity contribution in [3.05, 3.63) is 52.4 Å². The fourth-order valence-electron chi connectivity index (χ4n) is 3.36. The molecule has 2 aromatic rings. The predicted molar refractivity (Wildman–Crippen MR) is 134 cm³/mol. The number of benzene rings is 2. The lowest BCUT2D eigenvalue weighted by atomic mass is 9.90. The lowest BCUT2D eigenvalue weighted by Gasteiger charge is -2.25. The van der Waals surface area contributed by atoms with E-state index in [4.69, 9.17) is 24.7 Å². The first-order valence-electron chi connectivity index (χ1n) is 11.2. The van der Waals surface area contributed by atoms with Crippen LogP contribution in [0.3, 0.4) is 0 Å². The molecule has 0 aliphatic carbocycles. The van der Waals surface area contributed by atoms with Gasteiger partial charge >= 0.3 is 5.97 Å². The van der Waals surface area contributed by atoms with Crippen LogP contribution in [0.25, 0.3) is 6.08 Å². The highest BCUT2D eigenvalue weighted by molar-refractivity contribution is 7.87. The maximum atomic E-state index is 12.9. The normalized spacial score (nSPS) is 13.8. The minimum absolute atomic E-state index is 0.0829. The highest BCUT2D eigenvalue weighted by Crippen LogP contribution is 2.36. The minimum atomic E-state index is -2.06. The van der Waals surface area contributed by atoms with Gasteiger partial charge in [0.1, 0.15) is 23.0 Å². The zero-order valence-corrected chi connectivity index (χ0v) is 21.2. The van der Waals surface area contributed by atoms with Crippen molar-refractivity contribution in [1.82, 2.24) is 0 Å². The largest absolute Gasteiger partial charge is 0.496 e. The van der Waals surface area contributed by atoms with Crippen LogP contribution in [0.15, 0.2) is 35.7 Å². The van der Waals surface area contributed by atoms with Crippen molar-refractivity contribution in [1.29, 1.82) is 0 Å². The van der Waals surface area contributed by atoms with Crippen LogP contribution >= 0.6 is 0 Å². The van der Waals surface area contributed by atoms with Crippen molar-refractivity contribution in [2.24, 2.45) is 5.73 Å². The van der Waals surface area contributed by atoms with Crippen molar-refractivity contribution in [2.45, 2.75) is 32.1 Å². The molecule has 0 spiro atoms. The number of aliphatic carboxylic acids is 1. The molecule has 10 heteroatoms. The second kappa shape index (κ2) is 13.1. The zero-order chi connectivity index (χ0) is 26.0. The fraction of sp³-hybridized carbons (Fsp3) is 0.400. The van der Waals surface area contributed by atoms with Gasteiger partial charge in [0, 0.05) is 23.1 Å². The summed E-state index contributed by atoms with van der Waals surface area (Å²) in [6, 6.07) is 8.22. The number of hydrogen-bond acceptors (Lipinski definition) is 8. The number of ether oxygens (including phenoxy) is 4.